The Kier molecular flexibility index (Phi) is 12.0. The quantitative estimate of drug-likeness (QED) is 0.323. The maximum atomic E-state index is 11.5. The molecule has 0 aliphatic heterocycles. The van der Waals surface area contributed by atoms with E-state index < -0.39 is 0 Å². The van der Waals surface area contributed by atoms with Gasteiger partial charge in [0.05, 0.1) is 0 Å². The second-order valence-electron chi connectivity index (χ2n) is 4.76. The molecule has 0 aromatic heterocycles. The SMILES string of the molecule is C=C(CCCCCC)C(=O)ONCCCCCC. The lowest BCUT2D eigenvalue weighted by Gasteiger charge is -2.07. The van der Waals surface area contributed by atoms with E-state index in [1.807, 2.05) is 0 Å². The van der Waals surface area contributed by atoms with Crippen molar-refractivity contribution < 1.29 is 9.63 Å². The van der Waals surface area contributed by atoms with Gasteiger partial charge in [0.1, 0.15) is 0 Å². The number of hydrogen-bond donors (Lipinski definition) is 1. The van der Waals surface area contributed by atoms with Crippen LogP contribution in [0, 0.1) is 0 Å². The Bertz CT molecular complexity index is 227. The van der Waals surface area contributed by atoms with Crippen molar-refractivity contribution in [2.24, 2.45) is 0 Å². The summed E-state index contributed by atoms with van der Waals surface area (Å²) in [6.45, 7) is 8.85. The maximum absolute atomic E-state index is 11.5. The third kappa shape index (κ3) is 10.3. The second-order valence-corrected chi connectivity index (χ2v) is 4.76. The van der Waals surface area contributed by atoms with Crippen LogP contribution in [0.1, 0.15) is 71.6 Å². The van der Waals surface area contributed by atoms with Gasteiger partial charge in [0.25, 0.3) is 0 Å². The highest BCUT2D eigenvalue weighted by Gasteiger charge is 2.07. The largest absolute Gasteiger partial charge is 0.367 e. The predicted octanol–water partition coefficient (Wildman–Crippen LogP) is 4.14. The number of unbranched alkanes of at least 4 members (excludes halogenated alkanes) is 6. The number of carbonyl (C=O) groups excluding carboxylic acids is 1. The molecule has 0 aromatic carbocycles. The van der Waals surface area contributed by atoms with Gasteiger partial charge < -0.3 is 4.84 Å². The molecule has 0 radical (unpaired) electrons. The van der Waals surface area contributed by atoms with Gasteiger partial charge in [-0.25, -0.2) is 4.79 Å². The monoisotopic (exact) mass is 255 g/mol. The summed E-state index contributed by atoms with van der Waals surface area (Å²) in [4.78, 5) is 16.5. The number of hydroxylamine groups is 1. The van der Waals surface area contributed by atoms with Crippen LogP contribution in [0.15, 0.2) is 12.2 Å². The summed E-state index contributed by atoms with van der Waals surface area (Å²) in [6, 6.07) is 0. The third-order valence-corrected chi connectivity index (χ3v) is 2.92. The first-order valence-corrected chi connectivity index (χ1v) is 7.34. The van der Waals surface area contributed by atoms with Crippen molar-refractivity contribution in [2.75, 3.05) is 6.54 Å². The van der Waals surface area contributed by atoms with Gasteiger partial charge in [0.2, 0.25) is 0 Å². The molecule has 3 heteroatoms. The highest BCUT2D eigenvalue weighted by atomic mass is 16.7. The first-order chi connectivity index (χ1) is 8.72. The summed E-state index contributed by atoms with van der Waals surface area (Å²) < 4.78 is 0. The van der Waals surface area contributed by atoms with Crippen LogP contribution in [-0.4, -0.2) is 12.5 Å². The van der Waals surface area contributed by atoms with Crippen molar-refractivity contribution in [1.29, 1.82) is 0 Å². The van der Waals surface area contributed by atoms with Crippen LogP contribution < -0.4 is 5.48 Å². The van der Waals surface area contributed by atoms with Gasteiger partial charge in [-0.3, -0.25) is 0 Å². The highest BCUT2D eigenvalue weighted by Crippen LogP contribution is 2.09. The van der Waals surface area contributed by atoms with Gasteiger partial charge in [0, 0.05) is 12.1 Å². The van der Waals surface area contributed by atoms with Crippen LogP contribution >= 0.6 is 0 Å². The van der Waals surface area contributed by atoms with Crippen LogP contribution in [-0.2, 0) is 9.63 Å². The maximum Gasteiger partial charge on any atom is 0.352 e. The molecule has 0 heterocycles. The van der Waals surface area contributed by atoms with E-state index in [0.717, 1.165) is 32.2 Å². The van der Waals surface area contributed by atoms with E-state index in [1.165, 1.54) is 32.1 Å². The lowest BCUT2D eigenvalue weighted by Crippen LogP contribution is -2.22. The molecule has 0 atom stereocenters. The highest BCUT2D eigenvalue weighted by molar-refractivity contribution is 5.87. The summed E-state index contributed by atoms with van der Waals surface area (Å²) in [7, 11) is 0. The van der Waals surface area contributed by atoms with E-state index in [4.69, 9.17) is 4.84 Å². The number of rotatable bonds is 12. The molecule has 0 aliphatic rings. The Labute approximate surface area is 112 Å². The second kappa shape index (κ2) is 12.6. The molecular formula is C15H29NO2. The lowest BCUT2D eigenvalue weighted by atomic mass is 10.1. The minimum absolute atomic E-state index is 0.304. The average molecular weight is 255 g/mol. The fraction of sp³-hybridized carbons (Fsp3) is 0.800. The molecule has 0 unspecified atom stereocenters. The number of hydrogen-bond acceptors (Lipinski definition) is 3. The van der Waals surface area contributed by atoms with E-state index in [-0.39, 0.29) is 5.97 Å². The smallest absolute Gasteiger partial charge is 0.352 e. The topological polar surface area (TPSA) is 38.3 Å². The number of nitrogens with one attached hydrogen (secondary N) is 1. The van der Waals surface area contributed by atoms with Crippen molar-refractivity contribution in [2.45, 2.75) is 71.6 Å². The van der Waals surface area contributed by atoms with Gasteiger partial charge in [-0.2, -0.15) is 5.48 Å². The van der Waals surface area contributed by atoms with Crippen LogP contribution in [0.25, 0.3) is 0 Å². The number of carbonyl (C=O) groups is 1. The van der Waals surface area contributed by atoms with E-state index in [0.29, 0.717) is 5.57 Å². The van der Waals surface area contributed by atoms with Crippen LogP contribution in [0.5, 0.6) is 0 Å². The van der Waals surface area contributed by atoms with Crippen molar-refractivity contribution in [3.05, 3.63) is 12.2 Å². The fourth-order valence-electron chi connectivity index (χ4n) is 1.68. The van der Waals surface area contributed by atoms with Crippen LogP contribution in [0.2, 0.25) is 0 Å². The third-order valence-electron chi connectivity index (χ3n) is 2.92. The molecule has 106 valence electrons. The van der Waals surface area contributed by atoms with E-state index >= 15 is 0 Å². The van der Waals surface area contributed by atoms with Crippen molar-refractivity contribution in [3.63, 3.8) is 0 Å². The molecule has 0 bridgehead atoms. The minimum Gasteiger partial charge on any atom is -0.367 e. The summed E-state index contributed by atoms with van der Waals surface area (Å²) in [6.07, 6.45) is 10.0. The Hall–Kier alpha value is -0.830. The van der Waals surface area contributed by atoms with Gasteiger partial charge in [-0.15, -0.1) is 0 Å². The van der Waals surface area contributed by atoms with E-state index in [2.05, 4.69) is 25.9 Å². The standard InChI is InChI=1S/C15H29NO2/c1-4-6-8-10-12-14(3)15(17)18-16-13-11-9-7-5-2/h16H,3-13H2,1-2H3. The zero-order valence-electron chi connectivity index (χ0n) is 12.1. The Morgan fingerprint density at radius 3 is 2.22 bits per heavy atom. The summed E-state index contributed by atoms with van der Waals surface area (Å²) in [5, 5.41) is 0. The normalized spacial score (nSPS) is 10.3. The van der Waals surface area contributed by atoms with E-state index in [1.54, 1.807) is 0 Å². The van der Waals surface area contributed by atoms with Crippen LogP contribution in [0.4, 0.5) is 0 Å². The minimum atomic E-state index is -0.304. The van der Waals surface area contributed by atoms with Crippen molar-refractivity contribution in [1.82, 2.24) is 5.48 Å². The zero-order chi connectivity index (χ0) is 13.6. The molecule has 0 saturated heterocycles. The summed E-state index contributed by atoms with van der Waals surface area (Å²) >= 11 is 0. The molecule has 0 aliphatic carbocycles. The molecule has 0 saturated carbocycles. The van der Waals surface area contributed by atoms with Gasteiger partial charge >= 0.3 is 5.97 Å². The molecule has 18 heavy (non-hydrogen) atoms. The van der Waals surface area contributed by atoms with Crippen molar-refractivity contribution >= 4 is 5.97 Å². The summed E-state index contributed by atoms with van der Waals surface area (Å²) in [5.41, 5.74) is 3.29. The Balaban J connectivity index is 3.41. The Morgan fingerprint density at radius 2 is 1.61 bits per heavy atom. The molecule has 0 aromatic rings. The molecule has 1 N–H and O–H groups in total. The van der Waals surface area contributed by atoms with Crippen molar-refractivity contribution in [3.8, 4) is 0 Å². The predicted molar refractivity (Wildman–Crippen MR) is 76.1 cm³/mol. The van der Waals surface area contributed by atoms with Gasteiger partial charge in [-0.1, -0.05) is 59.0 Å². The average Bonchev–Trinajstić information content (AvgIpc) is 2.38. The Morgan fingerprint density at radius 1 is 1.00 bits per heavy atom. The van der Waals surface area contributed by atoms with Gasteiger partial charge in [0.15, 0.2) is 0 Å². The first-order valence-electron chi connectivity index (χ1n) is 7.34. The van der Waals surface area contributed by atoms with E-state index in [9.17, 15) is 4.79 Å². The summed E-state index contributed by atoms with van der Waals surface area (Å²) in [5.74, 6) is -0.304. The molecule has 0 spiro atoms. The van der Waals surface area contributed by atoms with Crippen LogP contribution in [0.3, 0.4) is 0 Å². The molecule has 0 rings (SSSR count). The lowest BCUT2D eigenvalue weighted by molar-refractivity contribution is -0.146. The molecule has 3 nitrogen and oxygen atoms in total. The first kappa shape index (κ1) is 17.2. The molecular weight excluding hydrogens is 226 g/mol. The fourth-order valence-corrected chi connectivity index (χ4v) is 1.68. The molecule has 0 fully saturated rings. The molecule has 0 amide bonds. The zero-order valence-corrected chi connectivity index (χ0v) is 12.1. The van der Waals surface area contributed by atoms with Gasteiger partial charge in [-0.05, 0) is 19.3 Å².